The molecule has 0 radical (unpaired) electrons. The molecular formula is C81H57N3. The van der Waals surface area contributed by atoms with Crippen LogP contribution in [0.3, 0.4) is 0 Å². The van der Waals surface area contributed by atoms with E-state index in [1.807, 2.05) is 0 Å². The fourth-order valence-corrected chi connectivity index (χ4v) is 18.4. The van der Waals surface area contributed by atoms with Gasteiger partial charge in [-0.05, 0) is 199 Å². The summed E-state index contributed by atoms with van der Waals surface area (Å²) in [4.78, 5) is 0. The Bertz CT molecular complexity index is 4880. The van der Waals surface area contributed by atoms with E-state index in [1.54, 1.807) is 0 Å². The maximum absolute atomic E-state index is 12.3. The molecule has 0 saturated heterocycles. The van der Waals surface area contributed by atoms with Gasteiger partial charge in [-0.25, -0.2) is 0 Å². The Labute approximate surface area is 489 Å². The van der Waals surface area contributed by atoms with Gasteiger partial charge in [0, 0.05) is 32.4 Å². The summed E-state index contributed by atoms with van der Waals surface area (Å²) in [6.07, 6.45) is 7.56. The lowest BCUT2D eigenvalue weighted by Gasteiger charge is -2.50. The maximum Gasteiger partial charge on any atom is 0.0995 e. The minimum absolute atomic E-state index is 0.381. The first-order valence-corrected chi connectivity index (χ1v) is 30.4. The molecule has 6 aliphatic rings. The average Bonchev–Trinajstić information content (AvgIpc) is 1.49. The van der Waals surface area contributed by atoms with Crippen molar-refractivity contribution in [3.05, 3.63) is 292 Å². The molecule has 11 aromatic carbocycles. The predicted octanol–water partition coefficient (Wildman–Crippen LogP) is 20.1. The van der Waals surface area contributed by atoms with Gasteiger partial charge in [-0.1, -0.05) is 206 Å². The molecule has 396 valence electrons. The normalized spacial score (nSPS) is 19.3. The van der Waals surface area contributed by atoms with Gasteiger partial charge in [0.15, 0.2) is 0 Å². The topological polar surface area (TPSA) is 52.0 Å². The number of nitriles is 2. The number of rotatable bonds is 5. The van der Waals surface area contributed by atoms with Crippen molar-refractivity contribution in [2.24, 2.45) is 11.8 Å². The van der Waals surface area contributed by atoms with Crippen LogP contribution in [-0.4, -0.2) is 4.40 Å². The van der Waals surface area contributed by atoms with Crippen LogP contribution >= 0.6 is 0 Å². The van der Waals surface area contributed by atoms with E-state index < -0.39 is 10.8 Å². The van der Waals surface area contributed by atoms with Crippen molar-refractivity contribution in [2.45, 2.75) is 67.6 Å². The zero-order valence-electron chi connectivity index (χ0n) is 46.6. The van der Waals surface area contributed by atoms with Crippen molar-refractivity contribution < 1.29 is 0 Å². The van der Waals surface area contributed by atoms with E-state index in [9.17, 15) is 10.5 Å². The van der Waals surface area contributed by atoms with E-state index in [2.05, 4.69) is 253 Å². The molecular weight excluding hydrogens is 1010 g/mol. The first kappa shape index (κ1) is 47.8. The van der Waals surface area contributed by atoms with Gasteiger partial charge in [-0.15, -0.1) is 0 Å². The first-order valence-electron chi connectivity index (χ1n) is 30.4. The summed E-state index contributed by atoms with van der Waals surface area (Å²) in [7, 11) is 0. The fraction of sp³-hybridized carbons (Fsp3) is 0.160. The van der Waals surface area contributed by atoms with Gasteiger partial charge >= 0.3 is 0 Å². The minimum atomic E-state index is -0.692. The zero-order valence-corrected chi connectivity index (χ0v) is 46.6. The Morgan fingerprint density at radius 3 is 1.21 bits per heavy atom. The molecule has 0 N–H and O–H groups in total. The molecule has 84 heavy (non-hydrogen) atoms. The van der Waals surface area contributed by atoms with E-state index in [4.69, 9.17) is 0 Å². The molecule has 0 spiro atoms. The predicted molar refractivity (Wildman–Crippen MR) is 342 cm³/mol. The average molecular weight is 1070 g/mol. The van der Waals surface area contributed by atoms with Crippen molar-refractivity contribution in [3.8, 4) is 67.8 Å². The van der Waals surface area contributed by atoms with E-state index in [0.29, 0.717) is 29.2 Å². The molecule has 3 heteroatoms. The molecule has 13 aromatic rings. The van der Waals surface area contributed by atoms with Gasteiger partial charge < -0.3 is 4.40 Å². The summed E-state index contributed by atoms with van der Waals surface area (Å²) in [5, 5.41) is 28.7. The molecule has 2 unspecified atom stereocenters. The highest BCUT2D eigenvalue weighted by Gasteiger charge is 2.53. The largest absolute Gasteiger partial charge is 0.308 e. The van der Waals surface area contributed by atoms with E-state index in [0.717, 1.165) is 46.1 Å². The highest BCUT2D eigenvalue weighted by atomic mass is 14.9. The van der Waals surface area contributed by atoms with Gasteiger partial charge in [0.05, 0.1) is 39.8 Å². The summed E-state index contributed by atoms with van der Waals surface area (Å²) in [6.45, 7) is 0. The number of aromatic nitrogens is 1. The summed E-state index contributed by atoms with van der Waals surface area (Å²) < 4.78 is 2.53. The Morgan fingerprint density at radius 1 is 0.345 bits per heavy atom. The van der Waals surface area contributed by atoms with Gasteiger partial charge in [0.25, 0.3) is 0 Å². The van der Waals surface area contributed by atoms with Crippen LogP contribution in [0.15, 0.2) is 237 Å². The monoisotopic (exact) mass is 1070 g/mol. The molecule has 2 atom stereocenters. The molecule has 4 bridgehead atoms. The van der Waals surface area contributed by atoms with Crippen LogP contribution in [0.5, 0.6) is 0 Å². The van der Waals surface area contributed by atoms with Crippen LogP contribution in [-0.2, 0) is 10.8 Å². The quantitative estimate of drug-likeness (QED) is 0.172. The molecule has 19 rings (SSSR count). The van der Waals surface area contributed by atoms with Gasteiger partial charge in [-0.2, -0.15) is 10.5 Å². The van der Waals surface area contributed by atoms with Gasteiger partial charge in [-0.3, -0.25) is 0 Å². The molecule has 0 amide bonds. The molecule has 2 saturated carbocycles. The SMILES string of the molecule is N#Cc1cc2c(c3c1C1CC4CC(C1)CC3C4)c1cc(-c3ccc4c(c3)-c3ccccc3-c3ccccc3-c3ccccc3-4)cc3c4c5c(c(C#N)cc4n2c13)C(c1ccccc1)(c1ccccc1)CCC5(c1ccccc1)c1ccccc1. The third-order valence-corrected chi connectivity index (χ3v) is 21.3. The molecule has 0 aliphatic heterocycles. The zero-order chi connectivity index (χ0) is 55.4. The van der Waals surface area contributed by atoms with Crippen LogP contribution in [0, 0.1) is 34.5 Å². The molecule has 6 aliphatic carbocycles. The number of benzene rings is 11. The van der Waals surface area contributed by atoms with E-state index in [-0.39, 0.29) is 0 Å². The van der Waals surface area contributed by atoms with Gasteiger partial charge in [0.1, 0.15) is 0 Å². The molecule has 2 aromatic heterocycles. The molecule has 3 nitrogen and oxygen atoms in total. The minimum Gasteiger partial charge on any atom is -0.308 e. The van der Waals surface area contributed by atoms with Gasteiger partial charge in [0.2, 0.25) is 0 Å². The summed E-state index contributed by atoms with van der Waals surface area (Å²) in [6, 6.07) is 94.0. The van der Waals surface area contributed by atoms with Crippen molar-refractivity contribution in [1.82, 2.24) is 4.40 Å². The summed E-state index contributed by atoms with van der Waals surface area (Å²) in [5.74, 6) is 2.13. The molecule has 2 fully saturated rings. The second kappa shape index (κ2) is 17.9. The third-order valence-electron chi connectivity index (χ3n) is 21.3. The van der Waals surface area contributed by atoms with Crippen LogP contribution in [0.4, 0.5) is 0 Å². The maximum atomic E-state index is 12.3. The lowest BCUT2D eigenvalue weighted by molar-refractivity contribution is 0.166. The van der Waals surface area contributed by atoms with Crippen molar-refractivity contribution in [3.63, 3.8) is 0 Å². The van der Waals surface area contributed by atoms with Crippen molar-refractivity contribution in [2.75, 3.05) is 0 Å². The third kappa shape index (κ3) is 6.40. The summed E-state index contributed by atoms with van der Waals surface area (Å²) in [5.41, 5.74) is 25.4. The second-order valence-corrected chi connectivity index (χ2v) is 25.2. The Hall–Kier alpha value is -9.80. The van der Waals surface area contributed by atoms with Crippen LogP contribution in [0.1, 0.15) is 112 Å². The standard InChI is InChI=1S/C81H57N3/c82-47-55-45-71-75(74-54-40-49-37-50(41-54)39-53(38-49)73(55)74)69-43-52(51-33-34-67-65-31-16-15-29-63(65)61-27-13-14-28-62(61)64-30-17-18-32-66(64)68(67)42-51)44-70-76-72(84(71)79(69)70)46-56(48-83)77-78(76)81(59-23-9-3-10-24-59,60-25-11-4-12-26-60)36-35-80(77,57-19-5-1-6-20-57)58-21-7-2-8-22-58/h1-34,42-46,49-50,53-54H,35-41H2. The van der Waals surface area contributed by atoms with Crippen molar-refractivity contribution in [1.29, 1.82) is 10.5 Å². The van der Waals surface area contributed by atoms with Crippen LogP contribution in [0.25, 0.3) is 93.7 Å². The smallest absolute Gasteiger partial charge is 0.0995 e. The Balaban J connectivity index is 1.04. The second-order valence-electron chi connectivity index (χ2n) is 25.2. The lowest BCUT2D eigenvalue weighted by atomic mass is 9.51. The number of fused-ring (bicyclic) bond motifs is 16. The van der Waals surface area contributed by atoms with E-state index in [1.165, 1.54) is 143 Å². The molecule has 2 heterocycles. The first-order chi connectivity index (χ1) is 41.5. The summed E-state index contributed by atoms with van der Waals surface area (Å²) >= 11 is 0. The van der Waals surface area contributed by atoms with Crippen LogP contribution < -0.4 is 0 Å². The highest BCUT2D eigenvalue weighted by molar-refractivity contribution is 6.27. The Morgan fingerprint density at radius 2 is 0.738 bits per heavy atom. The number of hydrogen-bond acceptors (Lipinski definition) is 2. The number of nitrogens with zero attached hydrogens (tertiary/aromatic N) is 3. The van der Waals surface area contributed by atoms with Crippen LogP contribution in [0.2, 0.25) is 0 Å². The lowest BCUT2D eigenvalue weighted by Crippen LogP contribution is -2.44. The highest BCUT2D eigenvalue weighted by Crippen LogP contribution is 2.64. The fourth-order valence-electron chi connectivity index (χ4n) is 18.4. The number of hydrogen-bond donors (Lipinski definition) is 0. The van der Waals surface area contributed by atoms with Crippen molar-refractivity contribution >= 4 is 38.1 Å². The van der Waals surface area contributed by atoms with E-state index >= 15 is 0 Å². The Kier molecular flexibility index (Phi) is 10.2.